The molecule has 1 aromatic carbocycles. The molecule has 0 aromatic heterocycles. The van der Waals surface area contributed by atoms with E-state index in [1.165, 1.54) is 0 Å². The number of hydrogen-bond donors (Lipinski definition) is 2. The Morgan fingerprint density at radius 3 is 2.68 bits per heavy atom. The van der Waals surface area contributed by atoms with E-state index in [9.17, 15) is 14.4 Å². The highest BCUT2D eigenvalue weighted by atomic mass is 16.2. The van der Waals surface area contributed by atoms with Gasteiger partial charge in [-0.1, -0.05) is 37.3 Å². The standard InChI is InChI=1S/C16H19N3O3/c1-11(9-12-5-3-2-4-6-12)13(20)19-8-7-16(10-19)14(21)17-15(22)18-16/h2-6,11H,7-10H2,1H3,(H2,17,18,21,22)/t11-,16-/m1/s1. The zero-order valence-electron chi connectivity index (χ0n) is 12.5. The van der Waals surface area contributed by atoms with Crippen LogP contribution in [0.1, 0.15) is 18.9 Å². The van der Waals surface area contributed by atoms with Crippen LogP contribution in [0.25, 0.3) is 0 Å². The molecule has 6 nitrogen and oxygen atoms in total. The fraction of sp³-hybridized carbons (Fsp3) is 0.438. The molecular weight excluding hydrogens is 282 g/mol. The van der Waals surface area contributed by atoms with E-state index in [4.69, 9.17) is 0 Å². The summed E-state index contributed by atoms with van der Waals surface area (Å²) < 4.78 is 0. The minimum absolute atomic E-state index is 0.0228. The molecular formula is C16H19N3O3. The Morgan fingerprint density at radius 2 is 2.05 bits per heavy atom. The van der Waals surface area contributed by atoms with Gasteiger partial charge < -0.3 is 10.2 Å². The number of benzene rings is 1. The fourth-order valence-electron chi connectivity index (χ4n) is 3.18. The number of carbonyl (C=O) groups excluding carboxylic acids is 3. The first kappa shape index (κ1) is 14.6. The first-order valence-corrected chi connectivity index (χ1v) is 7.46. The molecule has 2 aliphatic rings. The molecule has 0 aliphatic carbocycles. The van der Waals surface area contributed by atoms with Gasteiger partial charge in [-0.25, -0.2) is 4.79 Å². The van der Waals surface area contributed by atoms with E-state index in [1.807, 2.05) is 37.3 Å². The van der Waals surface area contributed by atoms with E-state index >= 15 is 0 Å². The predicted molar refractivity (Wildman–Crippen MR) is 79.9 cm³/mol. The monoisotopic (exact) mass is 301 g/mol. The Balaban J connectivity index is 1.64. The number of amides is 4. The van der Waals surface area contributed by atoms with Crippen molar-refractivity contribution in [2.24, 2.45) is 5.92 Å². The summed E-state index contributed by atoms with van der Waals surface area (Å²) in [5.41, 5.74) is 0.184. The summed E-state index contributed by atoms with van der Waals surface area (Å²) in [5, 5.41) is 4.91. The second-order valence-corrected chi connectivity index (χ2v) is 6.09. The summed E-state index contributed by atoms with van der Waals surface area (Å²) in [6.07, 6.45) is 1.14. The van der Waals surface area contributed by atoms with Crippen molar-refractivity contribution in [2.75, 3.05) is 13.1 Å². The molecule has 4 amide bonds. The van der Waals surface area contributed by atoms with Crippen LogP contribution in [0.3, 0.4) is 0 Å². The van der Waals surface area contributed by atoms with E-state index < -0.39 is 11.6 Å². The van der Waals surface area contributed by atoms with Crippen molar-refractivity contribution in [2.45, 2.75) is 25.3 Å². The molecule has 6 heteroatoms. The highest BCUT2D eigenvalue weighted by Gasteiger charge is 2.51. The van der Waals surface area contributed by atoms with Crippen LogP contribution in [0.15, 0.2) is 30.3 Å². The lowest BCUT2D eigenvalue weighted by Crippen LogP contribution is -2.50. The molecule has 2 heterocycles. The molecule has 0 saturated carbocycles. The number of rotatable bonds is 3. The van der Waals surface area contributed by atoms with Gasteiger partial charge in [-0.2, -0.15) is 0 Å². The molecule has 3 rings (SSSR count). The van der Waals surface area contributed by atoms with Crippen molar-refractivity contribution < 1.29 is 14.4 Å². The molecule has 2 N–H and O–H groups in total. The molecule has 2 saturated heterocycles. The average molecular weight is 301 g/mol. The minimum Gasteiger partial charge on any atom is -0.339 e. The van der Waals surface area contributed by atoms with Gasteiger partial charge in [0.15, 0.2) is 0 Å². The van der Waals surface area contributed by atoms with E-state index in [2.05, 4.69) is 10.6 Å². The Labute approximate surface area is 128 Å². The van der Waals surface area contributed by atoms with E-state index in [0.29, 0.717) is 19.4 Å². The summed E-state index contributed by atoms with van der Waals surface area (Å²) in [7, 11) is 0. The van der Waals surface area contributed by atoms with Gasteiger partial charge in [0, 0.05) is 12.5 Å². The number of imide groups is 1. The summed E-state index contributed by atoms with van der Waals surface area (Å²) in [6, 6.07) is 9.38. The number of urea groups is 1. The van der Waals surface area contributed by atoms with Crippen molar-refractivity contribution >= 4 is 17.8 Å². The largest absolute Gasteiger partial charge is 0.339 e. The Hall–Kier alpha value is -2.37. The molecule has 2 fully saturated rings. The first-order chi connectivity index (χ1) is 10.5. The van der Waals surface area contributed by atoms with E-state index in [0.717, 1.165) is 5.56 Å². The maximum atomic E-state index is 12.6. The molecule has 2 atom stereocenters. The summed E-state index contributed by atoms with van der Waals surface area (Å²) in [4.78, 5) is 37.5. The second kappa shape index (κ2) is 5.44. The van der Waals surface area contributed by atoms with Crippen LogP contribution in [0.2, 0.25) is 0 Å². The Kier molecular flexibility index (Phi) is 3.60. The normalized spacial score (nSPS) is 25.2. The van der Waals surface area contributed by atoms with Crippen molar-refractivity contribution in [1.82, 2.24) is 15.5 Å². The maximum absolute atomic E-state index is 12.6. The van der Waals surface area contributed by atoms with Crippen LogP contribution in [0, 0.1) is 5.92 Å². The van der Waals surface area contributed by atoms with Crippen LogP contribution in [0.4, 0.5) is 4.79 Å². The predicted octanol–water partition coefficient (Wildman–Crippen LogP) is 0.676. The summed E-state index contributed by atoms with van der Waals surface area (Å²) in [5.74, 6) is -0.462. The number of hydrogen-bond acceptors (Lipinski definition) is 3. The maximum Gasteiger partial charge on any atom is 0.322 e. The lowest BCUT2D eigenvalue weighted by atomic mass is 9.98. The second-order valence-electron chi connectivity index (χ2n) is 6.09. The van der Waals surface area contributed by atoms with Crippen LogP contribution in [0.5, 0.6) is 0 Å². The molecule has 0 unspecified atom stereocenters. The van der Waals surface area contributed by atoms with Gasteiger partial charge in [0.05, 0.1) is 6.54 Å². The van der Waals surface area contributed by atoms with Crippen molar-refractivity contribution in [1.29, 1.82) is 0 Å². The van der Waals surface area contributed by atoms with Gasteiger partial charge in [0.25, 0.3) is 5.91 Å². The quantitative estimate of drug-likeness (QED) is 0.806. The van der Waals surface area contributed by atoms with E-state index in [-0.39, 0.29) is 24.3 Å². The third-order valence-electron chi connectivity index (χ3n) is 4.40. The third-order valence-corrected chi connectivity index (χ3v) is 4.40. The van der Waals surface area contributed by atoms with Crippen molar-refractivity contribution in [3.05, 3.63) is 35.9 Å². The molecule has 116 valence electrons. The zero-order valence-corrected chi connectivity index (χ0v) is 12.5. The molecule has 0 bridgehead atoms. The summed E-state index contributed by atoms with van der Waals surface area (Å²) in [6.45, 7) is 2.64. The Morgan fingerprint density at radius 1 is 1.32 bits per heavy atom. The highest BCUT2D eigenvalue weighted by Crippen LogP contribution is 2.26. The third kappa shape index (κ3) is 2.56. The van der Waals surface area contributed by atoms with Crippen molar-refractivity contribution in [3.8, 4) is 0 Å². The number of likely N-dealkylation sites (tertiary alicyclic amines) is 1. The average Bonchev–Trinajstić information content (AvgIpc) is 3.03. The Bertz CT molecular complexity index is 616. The molecule has 22 heavy (non-hydrogen) atoms. The fourth-order valence-corrected chi connectivity index (χ4v) is 3.18. The van der Waals surface area contributed by atoms with Crippen molar-refractivity contribution in [3.63, 3.8) is 0 Å². The summed E-state index contributed by atoms with van der Waals surface area (Å²) >= 11 is 0. The van der Waals surface area contributed by atoms with Gasteiger partial charge in [0.2, 0.25) is 5.91 Å². The lowest BCUT2D eigenvalue weighted by molar-refractivity contribution is -0.134. The smallest absolute Gasteiger partial charge is 0.322 e. The minimum atomic E-state index is -0.931. The van der Waals surface area contributed by atoms with Gasteiger partial charge >= 0.3 is 6.03 Å². The van der Waals surface area contributed by atoms with Gasteiger partial charge in [-0.3, -0.25) is 14.9 Å². The van der Waals surface area contributed by atoms with Gasteiger partial charge in [-0.05, 0) is 18.4 Å². The number of nitrogens with zero attached hydrogens (tertiary/aromatic N) is 1. The van der Waals surface area contributed by atoms with Gasteiger partial charge in [0.1, 0.15) is 5.54 Å². The van der Waals surface area contributed by atoms with Gasteiger partial charge in [-0.15, -0.1) is 0 Å². The number of carbonyl (C=O) groups is 3. The van der Waals surface area contributed by atoms with Crippen LogP contribution in [-0.2, 0) is 16.0 Å². The molecule has 2 aliphatic heterocycles. The van der Waals surface area contributed by atoms with Crippen LogP contribution >= 0.6 is 0 Å². The van der Waals surface area contributed by atoms with E-state index in [1.54, 1.807) is 4.90 Å². The SMILES string of the molecule is C[C@H](Cc1ccccc1)C(=O)N1CC[C@]2(C1)NC(=O)NC2=O. The lowest BCUT2D eigenvalue weighted by Gasteiger charge is -2.23. The molecule has 0 radical (unpaired) electrons. The first-order valence-electron chi connectivity index (χ1n) is 7.46. The zero-order chi connectivity index (χ0) is 15.7. The molecule has 1 aromatic rings. The number of nitrogens with one attached hydrogen (secondary N) is 2. The topological polar surface area (TPSA) is 78.5 Å². The molecule has 1 spiro atoms. The van der Waals surface area contributed by atoms with Crippen LogP contribution in [-0.4, -0.2) is 41.4 Å². The highest BCUT2D eigenvalue weighted by molar-refractivity contribution is 6.07. The van der Waals surface area contributed by atoms with Crippen LogP contribution < -0.4 is 10.6 Å².